The molecule has 0 aromatic carbocycles. The van der Waals surface area contributed by atoms with Crippen LogP contribution in [-0.4, -0.2) is 24.1 Å². The molecule has 0 aliphatic carbocycles. The topological polar surface area (TPSA) is 85.0 Å². The van der Waals surface area contributed by atoms with Crippen LogP contribution in [0, 0.1) is 0 Å². The molecule has 0 bridgehead atoms. The van der Waals surface area contributed by atoms with Crippen molar-refractivity contribution in [2.75, 3.05) is 0 Å². The highest BCUT2D eigenvalue weighted by Crippen LogP contribution is 2.02. The molecule has 0 aliphatic rings. The Labute approximate surface area is 94.0 Å². The van der Waals surface area contributed by atoms with E-state index in [1.165, 1.54) is 16.8 Å². The lowest BCUT2D eigenvalue weighted by Gasteiger charge is -2.03. The van der Waals surface area contributed by atoms with Gasteiger partial charge in [0.05, 0.1) is 0 Å². The monoisotopic (exact) mass is 229 g/mol. The first-order chi connectivity index (χ1) is 8.24. The van der Waals surface area contributed by atoms with Crippen molar-refractivity contribution in [3.8, 4) is 5.82 Å². The summed E-state index contributed by atoms with van der Waals surface area (Å²) in [6.07, 6.45) is 4.67. The zero-order valence-electron chi connectivity index (χ0n) is 8.57. The molecule has 1 N–H and O–H groups in total. The molecule has 0 amide bonds. The van der Waals surface area contributed by atoms with Gasteiger partial charge in [0.15, 0.2) is 11.5 Å². The predicted octanol–water partition coefficient (Wildman–Crippen LogP) is -0.432. The fraction of sp³-hybridized carbons (Fsp3) is 0. The molecule has 17 heavy (non-hydrogen) atoms. The SMILES string of the molecule is O=c1ccn(-c2ccc3nccn3n2)c(=O)[nH]1. The molecule has 0 atom stereocenters. The van der Waals surface area contributed by atoms with Gasteiger partial charge in [0.25, 0.3) is 5.56 Å². The molecule has 7 heteroatoms. The molecular weight excluding hydrogens is 222 g/mol. The van der Waals surface area contributed by atoms with E-state index < -0.39 is 11.2 Å². The van der Waals surface area contributed by atoms with Gasteiger partial charge in [-0.05, 0) is 12.1 Å². The van der Waals surface area contributed by atoms with Crippen LogP contribution in [0.15, 0.2) is 46.4 Å². The minimum atomic E-state index is -0.524. The summed E-state index contributed by atoms with van der Waals surface area (Å²) in [7, 11) is 0. The van der Waals surface area contributed by atoms with Crippen molar-refractivity contribution >= 4 is 5.65 Å². The maximum atomic E-state index is 11.6. The number of fused-ring (bicyclic) bond motifs is 1. The summed E-state index contributed by atoms with van der Waals surface area (Å²) in [4.78, 5) is 28.7. The summed E-state index contributed by atoms with van der Waals surface area (Å²) in [6.45, 7) is 0. The van der Waals surface area contributed by atoms with Gasteiger partial charge in [0.2, 0.25) is 0 Å². The maximum Gasteiger partial charge on any atom is 0.334 e. The zero-order valence-corrected chi connectivity index (χ0v) is 8.57. The van der Waals surface area contributed by atoms with Crippen LogP contribution in [0.3, 0.4) is 0 Å². The Morgan fingerprint density at radius 1 is 1.12 bits per heavy atom. The smallest absolute Gasteiger partial charge is 0.274 e. The quantitative estimate of drug-likeness (QED) is 0.613. The van der Waals surface area contributed by atoms with Crippen LogP contribution < -0.4 is 11.2 Å². The van der Waals surface area contributed by atoms with Crippen molar-refractivity contribution in [2.45, 2.75) is 0 Å². The fourth-order valence-corrected chi connectivity index (χ4v) is 1.53. The number of nitrogens with zero attached hydrogens (tertiary/aromatic N) is 4. The van der Waals surface area contributed by atoms with Crippen molar-refractivity contribution in [1.82, 2.24) is 24.1 Å². The molecule has 84 valence electrons. The summed E-state index contributed by atoms with van der Waals surface area (Å²) in [5.41, 5.74) is -0.273. The van der Waals surface area contributed by atoms with Crippen LogP contribution in [0.5, 0.6) is 0 Å². The summed E-state index contributed by atoms with van der Waals surface area (Å²) in [5.74, 6) is 0.414. The second kappa shape index (κ2) is 3.41. The second-order valence-electron chi connectivity index (χ2n) is 3.40. The van der Waals surface area contributed by atoms with Gasteiger partial charge in [-0.25, -0.2) is 14.3 Å². The van der Waals surface area contributed by atoms with Crippen LogP contribution in [0.1, 0.15) is 0 Å². The molecule has 0 saturated carbocycles. The summed E-state index contributed by atoms with van der Waals surface area (Å²) in [5, 5.41) is 4.19. The number of aromatic nitrogens is 5. The van der Waals surface area contributed by atoms with E-state index in [0.29, 0.717) is 11.5 Å². The van der Waals surface area contributed by atoms with Crippen LogP contribution in [0.4, 0.5) is 0 Å². The maximum absolute atomic E-state index is 11.6. The molecule has 3 rings (SSSR count). The molecule has 0 fully saturated rings. The van der Waals surface area contributed by atoms with Gasteiger partial charge >= 0.3 is 5.69 Å². The van der Waals surface area contributed by atoms with E-state index in [1.807, 2.05) is 0 Å². The van der Waals surface area contributed by atoms with Crippen LogP contribution in [0.25, 0.3) is 11.5 Å². The first-order valence-corrected chi connectivity index (χ1v) is 4.87. The van der Waals surface area contributed by atoms with Crippen molar-refractivity contribution in [3.63, 3.8) is 0 Å². The molecule has 0 radical (unpaired) electrons. The normalized spacial score (nSPS) is 10.8. The van der Waals surface area contributed by atoms with Crippen molar-refractivity contribution < 1.29 is 0 Å². The van der Waals surface area contributed by atoms with E-state index in [-0.39, 0.29) is 0 Å². The largest absolute Gasteiger partial charge is 0.334 e. The summed E-state index contributed by atoms with van der Waals surface area (Å²) < 4.78 is 2.80. The van der Waals surface area contributed by atoms with Crippen LogP contribution >= 0.6 is 0 Å². The Morgan fingerprint density at radius 3 is 2.82 bits per heavy atom. The molecule has 3 aromatic rings. The number of aromatic amines is 1. The first-order valence-electron chi connectivity index (χ1n) is 4.87. The third-order valence-electron chi connectivity index (χ3n) is 2.31. The number of H-pyrrole nitrogens is 1. The van der Waals surface area contributed by atoms with Crippen molar-refractivity contribution in [3.05, 3.63) is 57.6 Å². The Kier molecular flexibility index (Phi) is 1.91. The molecule has 7 nitrogen and oxygen atoms in total. The van der Waals surface area contributed by atoms with Gasteiger partial charge in [0.1, 0.15) is 0 Å². The number of imidazole rings is 1. The molecule has 0 unspecified atom stereocenters. The summed E-state index contributed by atoms with van der Waals surface area (Å²) in [6, 6.07) is 4.66. The number of hydrogen-bond acceptors (Lipinski definition) is 4. The second-order valence-corrected chi connectivity index (χ2v) is 3.40. The molecule has 0 spiro atoms. The highest BCUT2D eigenvalue weighted by Gasteiger charge is 2.03. The average molecular weight is 229 g/mol. The van der Waals surface area contributed by atoms with Crippen LogP contribution in [0.2, 0.25) is 0 Å². The minimum Gasteiger partial charge on any atom is -0.274 e. The molecular formula is C10H7N5O2. The Bertz CT molecular complexity index is 798. The number of rotatable bonds is 1. The Hall–Kier alpha value is -2.70. The van der Waals surface area contributed by atoms with E-state index in [9.17, 15) is 9.59 Å². The highest BCUT2D eigenvalue weighted by atomic mass is 16.2. The molecule has 3 heterocycles. The zero-order chi connectivity index (χ0) is 11.8. The third kappa shape index (κ3) is 1.53. The van der Waals surface area contributed by atoms with Crippen molar-refractivity contribution in [2.24, 2.45) is 0 Å². The lowest BCUT2D eigenvalue weighted by atomic mass is 10.5. The first kappa shape index (κ1) is 9.52. The lowest BCUT2D eigenvalue weighted by Crippen LogP contribution is -2.28. The Morgan fingerprint density at radius 2 is 2.00 bits per heavy atom. The van der Waals surface area contributed by atoms with Gasteiger partial charge in [-0.1, -0.05) is 0 Å². The van der Waals surface area contributed by atoms with E-state index >= 15 is 0 Å². The minimum absolute atomic E-state index is 0.414. The van der Waals surface area contributed by atoms with Gasteiger partial charge in [-0.3, -0.25) is 14.3 Å². The molecule has 0 saturated heterocycles. The van der Waals surface area contributed by atoms with Crippen LogP contribution in [-0.2, 0) is 0 Å². The average Bonchev–Trinajstić information content (AvgIpc) is 2.75. The third-order valence-corrected chi connectivity index (χ3v) is 2.31. The van der Waals surface area contributed by atoms with Gasteiger partial charge < -0.3 is 0 Å². The number of hydrogen-bond donors (Lipinski definition) is 1. The van der Waals surface area contributed by atoms with Gasteiger partial charge in [0, 0.05) is 24.7 Å². The van der Waals surface area contributed by atoms with E-state index in [4.69, 9.17) is 0 Å². The number of nitrogens with one attached hydrogen (secondary N) is 1. The fourth-order valence-electron chi connectivity index (χ4n) is 1.53. The van der Waals surface area contributed by atoms with E-state index in [2.05, 4.69) is 15.1 Å². The Balaban J connectivity index is 2.26. The summed E-state index contributed by atoms with van der Waals surface area (Å²) >= 11 is 0. The van der Waals surface area contributed by atoms with Gasteiger partial charge in [-0.15, -0.1) is 5.10 Å². The molecule has 0 aliphatic heterocycles. The highest BCUT2D eigenvalue weighted by molar-refractivity contribution is 5.39. The van der Waals surface area contributed by atoms with E-state index in [0.717, 1.165) is 0 Å². The standard InChI is InChI=1S/C10H7N5O2/c16-9-3-5-14(10(17)12-9)8-2-1-7-11-4-6-15(7)13-8/h1-6H,(H,12,16,17). The van der Waals surface area contributed by atoms with E-state index in [1.54, 1.807) is 29.0 Å². The van der Waals surface area contributed by atoms with Crippen molar-refractivity contribution in [1.29, 1.82) is 0 Å². The molecule has 3 aromatic heterocycles. The van der Waals surface area contributed by atoms with Gasteiger partial charge in [-0.2, -0.15) is 0 Å². The predicted molar refractivity (Wildman–Crippen MR) is 59.2 cm³/mol. The lowest BCUT2D eigenvalue weighted by molar-refractivity contribution is 0.812.